The summed E-state index contributed by atoms with van der Waals surface area (Å²) in [6, 6.07) is 1.66. The van der Waals surface area contributed by atoms with Gasteiger partial charge in [0.15, 0.2) is 5.96 Å². The molecule has 8 nitrogen and oxygen atoms in total. The zero-order chi connectivity index (χ0) is 18.8. The zero-order valence-corrected chi connectivity index (χ0v) is 19.2. The van der Waals surface area contributed by atoms with E-state index in [-0.39, 0.29) is 24.0 Å². The van der Waals surface area contributed by atoms with Crippen molar-refractivity contribution in [2.24, 2.45) is 4.99 Å². The summed E-state index contributed by atoms with van der Waals surface area (Å²) in [5.41, 5.74) is 0. The van der Waals surface area contributed by atoms with Crippen molar-refractivity contribution < 1.29 is 0 Å². The molecule has 150 valence electrons. The number of nitrogens with zero attached hydrogens (tertiary/aromatic N) is 5. The lowest BCUT2D eigenvalue weighted by Crippen LogP contribution is -2.39. The molecular weight excluding hydrogens is 502 g/mol. The number of rotatable bonds is 9. The molecule has 2 aromatic heterocycles. The molecule has 3 N–H and O–H groups in total. The van der Waals surface area contributed by atoms with Gasteiger partial charge in [0.2, 0.25) is 0 Å². The number of hydrogen-bond acceptors (Lipinski definition) is 5. The number of nitrogens with one attached hydrogen (secondary N) is 3. The van der Waals surface area contributed by atoms with Crippen LogP contribution >= 0.6 is 47.2 Å². The van der Waals surface area contributed by atoms with Crippen LogP contribution in [0, 0.1) is 0 Å². The molecule has 0 atom stereocenters. The van der Waals surface area contributed by atoms with Crippen LogP contribution in [0.15, 0.2) is 23.6 Å². The van der Waals surface area contributed by atoms with Gasteiger partial charge in [-0.05, 0) is 13.0 Å². The van der Waals surface area contributed by atoms with Crippen LogP contribution in [0.2, 0.25) is 10.0 Å². The topological polar surface area (TPSA) is 92.1 Å². The van der Waals surface area contributed by atoms with Crippen molar-refractivity contribution in [3.63, 3.8) is 0 Å². The number of halogens is 3. The number of aromatic nitrogens is 4. The highest BCUT2D eigenvalue weighted by molar-refractivity contribution is 14.0. The molecule has 0 aliphatic rings. The second kappa shape index (κ2) is 12.9. The Hall–Kier alpha value is -1.33. The maximum absolute atomic E-state index is 6.08. The van der Waals surface area contributed by atoms with Crippen molar-refractivity contribution in [1.82, 2.24) is 30.4 Å². The highest BCUT2D eigenvalue weighted by atomic mass is 127. The van der Waals surface area contributed by atoms with E-state index in [1.165, 1.54) is 0 Å². The van der Waals surface area contributed by atoms with Gasteiger partial charge in [0, 0.05) is 38.8 Å². The molecule has 27 heavy (non-hydrogen) atoms. The smallest absolute Gasteiger partial charge is 0.191 e. The molecule has 0 radical (unpaired) electrons. The quantitative estimate of drug-likeness (QED) is 0.201. The van der Waals surface area contributed by atoms with Crippen LogP contribution in [0.25, 0.3) is 0 Å². The molecule has 0 aliphatic carbocycles. The minimum Gasteiger partial charge on any atom is -0.367 e. The first kappa shape index (κ1) is 23.7. The largest absolute Gasteiger partial charge is 0.367 e. The average molecular weight is 527 g/mol. The van der Waals surface area contributed by atoms with Crippen molar-refractivity contribution >= 4 is 59.0 Å². The molecule has 0 saturated carbocycles. The summed E-state index contributed by atoms with van der Waals surface area (Å²) in [4.78, 5) is 8.69. The minimum absolute atomic E-state index is 0. The molecule has 0 bridgehead atoms. The van der Waals surface area contributed by atoms with Gasteiger partial charge in [0.05, 0.1) is 16.6 Å². The van der Waals surface area contributed by atoms with E-state index in [2.05, 4.69) is 43.0 Å². The van der Waals surface area contributed by atoms with Gasteiger partial charge in [-0.15, -0.1) is 34.2 Å². The van der Waals surface area contributed by atoms with Crippen LogP contribution in [-0.4, -0.2) is 51.9 Å². The summed E-state index contributed by atoms with van der Waals surface area (Å²) in [5, 5.41) is 18.7. The van der Waals surface area contributed by atoms with Crippen molar-refractivity contribution in [2.75, 3.05) is 31.5 Å². The van der Waals surface area contributed by atoms with Gasteiger partial charge >= 0.3 is 0 Å². The van der Waals surface area contributed by atoms with Crippen LogP contribution < -0.4 is 16.0 Å². The number of aryl methyl sites for hydroxylation is 1. The van der Waals surface area contributed by atoms with Crippen molar-refractivity contribution in [1.29, 1.82) is 0 Å². The molecule has 0 fully saturated rings. The predicted octanol–water partition coefficient (Wildman–Crippen LogP) is 2.83. The third kappa shape index (κ3) is 8.06. The van der Waals surface area contributed by atoms with E-state index in [0.29, 0.717) is 29.0 Å². The Morgan fingerprint density at radius 3 is 2.74 bits per heavy atom. The second-order valence-corrected chi connectivity index (χ2v) is 6.24. The van der Waals surface area contributed by atoms with Gasteiger partial charge < -0.3 is 20.5 Å². The lowest BCUT2D eigenvalue weighted by molar-refractivity contribution is 0.633. The first-order valence-corrected chi connectivity index (χ1v) is 9.33. The molecule has 2 heterocycles. The first-order valence-electron chi connectivity index (χ1n) is 8.57. The Balaban J connectivity index is 0.00000364. The maximum Gasteiger partial charge on any atom is 0.191 e. The van der Waals surface area contributed by atoms with E-state index < -0.39 is 0 Å². The van der Waals surface area contributed by atoms with E-state index in [9.17, 15) is 0 Å². The van der Waals surface area contributed by atoms with E-state index in [0.717, 1.165) is 37.8 Å². The molecule has 0 aliphatic heterocycles. The summed E-state index contributed by atoms with van der Waals surface area (Å²) in [6.07, 6.45) is 4.17. The number of pyridine rings is 1. The molecule has 0 unspecified atom stereocenters. The summed E-state index contributed by atoms with van der Waals surface area (Å²) in [5.74, 6) is 2.34. The highest BCUT2D eigenvalue weighted by Crippen LogP contribution is 2.21. The van der Waals surface area contributed by atoms with E-state index >= 15 is 0 Å². The minimum atomic E-state index is 0. The van der Waals surface area contributed by atoms with Crippen molar-refractivity contribution in [3.05, 3.63) is 34.5 Å². The number of guanidine groups is 1. The molecule has 2 rings (SSSR count). The van der Waals surface area contributed by atoms with Gasteiger partial charge in [-0.1, -0.05) is 30.1 Å². The van der Waals surface area contributed by atoms with Crippen LogP contribution in [0.4, 0.5) is 5.82 Å². The van der Waals surface area contributed by atoms with E-state index in [4.69, 9.17) is 23.2 Å². The summed E-state index contributed by atoms with van der Waals surface area (Å²) in [7, 11) is 0. The van der Waals surface area contributed by atoms with Crippen LogP contribution in [0.5, 0.6) is 0 Å². The van der Waals surface area contributed by atoms with Crippen molar-refractivity contribution in [2.45, 2.75) is 26.8 Å². The fourth-order valence-corrected chi connectivity index (χ4v) is 2.71. The Kier molecular flexibility index (Phi) is 11.4. The fraction of sp³-hybridized carbons (Fsp3) is 0.500. The summed E-state index contributed by atoms with van der Waals surface area (Å²) < 4.78 is 2.03. The van der Waals surface area contributed by atoms with Gasteiger partial charge in [0.25, 0.3) is 0 Å². The molecular formula is C16H25Cl2IN8. The third-order valence-corrected chi connectivity index (χ3v) is 3.98. The molecule has 0 saturated heterocycles. The number of hydrogen-bond donors (Lipinski definition) is 3. The Labute approximate surface area is 186 Å². The van der Waals surface area contributed by atoms with Gasteiger partial charge in [0.1, 0.15) is 18.0 Å². The molecule has 11 heteroatoms. The normalized spacial score (nSPS) is 11.0. The zero-order valence-electron chi connectivity index (χ0n) is 15.4. The Morgan fingerprint density at radius 1 is 1.22 bits per heavy atom. The highest BCUT2D eigenvalue weighted by Gasteiger charge is 2.03. The first-order chi connectivity index (χ1) is 12.6. The van der Waals surface area contributed by atoms with Crippen LogP contribution in [-0.2, 0) is 13.0 Å². The number of anilines is 1. The molecule has 0 aromatic carbocycles. The Bertz CT molecular complexity index is 722. The summed E-state index contributed by atoms with van der Waals surface area (Å²) >= 11 is 11.9. The third-order valence-electron chi connectivity index (χ3n) is 3.48. The average Bonchev–Trinajstić information content (AvgIpc) is 3.07. The van der Waals surface area contributed by atoms with E-state index in [1.54, 1.807) is 18.6 Å². The van der Waals surface area contributed by atoms with Gasteiger partial charge in [-0.25, -0.2) is 4.98 Å². The van der Waals surface area contributed by atoms with E-state index in [1.807, 2.05) is 11.5 Å². The predicted molar refractivity (Wildman–Crippen MR) is 122 cm³/mol. The summed E-state index contributed by atoms with van der Waals surface area (Å²) in [6.45, 7) is 7.57. The monoisotopic (exact) mass is 526 g/mol. The van der Waals surface area contributed by atoms with Crippen LogP contribution in [0.1, 0.15) is 19.7 Å². The number of aliphatic imine (C=N–C) groups is 1. The van der Waals surface area contributed by atoms with Crippen molar-refractivity contribution in [3.8, 4) is 0 Å². The molecule has 2 aromatic rings. The SMILES string of the molecule is CCNC(=NCCNc1ncc(Cl)cc1Cl)NCCn1cnnc1CC.I. The van der Waals surface area contributed by atoms with Gasteiger partial charge in [-0.3, -0.25) is 4.99 Å². The fourth-order valence-electron chi connectivity index (χ4n) is 2.26. The second-order valence-electron chi connectivity index (χ2n) is 5.39. The van der Waals surface area contributed by atoms with Crippen LogP contribution in [0.3, 0.4) is 0 Å². The lowest BCUT2D eigenvalue weighted by Gasteiger charge is -2.12. The Morgan fingerprint density at radius 2 is 2.04 bits per heavy atom. The van der Waals surface area contributed by atoms with Gasteiger partial charge in [-0.2, -0.15) is 0 Å². The molecule has 0 amide bonds. The standard InChI is InChI=1S/C16H24Cl2N8.HI/c1-3-14-25-24-11-26(14)8-7-22-16(19-4-2)21-6-5-20-15-13(18)9-12(17)10-23-15;/h9-11H,3-8H2,1-2H3,(H,20,23)(H2,19,21,22);1H. The molecule has 0 spiro atoms. The maximum atomic E-state index is 6.08. The lowest BCUT2D eigenvalue weighted by atomic mass is 10.4.